The molecule has 2 heterocycles. The van der Waals surface area contributed by atoms with E-state index in [9.17, 15) is 9.90 Å². The van der Waals surface area contributed by atoms with Crippen molar-refractivity contribution >= 4 is 11.6 Å². The van der Waals surface area contributed by atoms with Gasteiger partial charge in [-0.2, -0.15) is 5.10 Å². The SMILES string of the molecule is O=C(c1cc2n(n1)CCCO2)N(CCO)c1ccccc1. The first kappa shape index (κ1) is 13.6. The third-order valence-electron chi connectivity index (χ3n) is 3.36. The molecule has 0 atom stereocenters. The molecule has 0 saturated carbocycles. The van der Waals surface area contributed by atoms with Crippen LogP contribution in [-0.2, 0) is 6.54 Å². The minimum Gasteiger partial charge on any atom is -0.478 e. The second kappa shape index (κ2) is 5.97. The van der Waals surface area contributed by atoms with Crippen molar-refractivity contribution in [2.75, 3.05) is 24.7 Å². The van der Waals surface area contributed by atoms with E-state index in [0.29, 0.717) is 18.2 Å². The maximum Gasteiger partial charge on any atom is 0.278 e. The van der Waals surface area contributed by atoms with Gasteiger partial charge >= 0.3 is 0 Å². The summed E-state index contributed by atoms with van der Waals surface area (Å²) in [7, 11) is 0. The van der Waals surface area contributed by atoms with Crippen LogP contribution in [0.25, 0.3) is 0 Å². The third kappa shape index (κ3) is 2.75. The van der Waals surface area contributed by atoms with Crippen LogP contribution in [0.15, 0.2) is 36.4 Å². The largest absolute Gasteiger partial charge is 0.478 e. The zero-order valence-electron chi connectivity index (χ0n) is 11.6. The molecule has 0 spiro atoms. The monoisotopic (exact) mass is 287 g/mol. The van der Waals surface area contributed by atoms with Crippen LogP contribution in [0, 0.1) is 0 Å². The highest BCUT2D eigenvalue weighted by atomic mass is 16.5. The van der Waals surface area contributed by atoms with E-state index in [2.05, 4.69) is 5.10 Å². The number of anilines is 1. The number of hydrogen-bond donors (Lipinski definition) is 1. The lowest BCUT2D eigenvalue weighted by Crippen LogP contribution is -2.33. The van der Waals surface area contributed by atoms with E-state index >= 15 is 0 Å². The summed E-state index contributed by atoms with van der Waals surface area (Å²) in [4.78, 5) is 14.2. The van der Waals surface area contributed by atoms with Gasteiger partial charge in [-0.1, -0.05) is 18.2 Å². The molecule has 1 aliphatic rings. The van der Waals surface area contributed by atoms with Gasteiger partial charge in [-0.25, -0.2) is 4.68 Å². The fourth-order valence-electron chi connectivity index (χ4n) is 2.37. The highest BCUT2D eigenvalue weighted by molar-refractivity contribution is 6.05. The Morgan fingerprint density at radius 1 is 1.38 bits per heavy atom. The highest BCUT2D eigenvalue weighted by Gasteiger charge is 2.23. The lowest BCUT2D eigenvalue weighted by atomic mass is 10.2. The van der Waals surface area contributed by atoms with Crippen molar-refractivity contribution in [2.45, 2.75) is 13.0 Å². The van der Waals surface area contributed by atoms with Crippen LogP contribution < -0.4 is 9.64 Å². The number of amides is 1. The molecular formula is C15H17N3O3. The predicted octanol–water partition coefficient (Wildman–Crippen LogP) is 1.30. The summed E-state index contributed by atoms with van der Waals surface area (Å²) in [6, 6.07) is 10.9. The van der Waals surface area contributed by atoms with Crippen LogP contribution in [0.5, 0.6) is 5.88 Å². The van der Waals surface area contributed by atoms with E-state index in [1.54, 1.807) is 10.7 Å². The molecule has 0 aliphatic carbocycles. The summed E-state index contributed by atoms with van der Waals surface area (Å²) in [5.41, 5.74) is 1.08. The number of carbonyl (C=O) groups is 1. The third-order valence-corrected chi connectivity index (χ3v) is 3.36. The summed E-state index contributed by atoms with van der Waals surface area (Å²) < 4.78 is 7.19. The fourth-order valence-corrected chi connectivity index (χ4v) is 2.37. The number of ether oxygens (including phenoxy) is 1. The predicted molar refractivity (Wildman–Crippen MR) is 77.5 cm³/mol. The average Bonchev–Trinajstić information content (AvgIpc) is 2.97. The summed E-state index contributed by atoms with van der Waals surface area (Å²) in [5, 5.41) is 13.5. The number of carbonyl (C=O) groups excluding carboxylic acids is 1. The number of para-hydroxylation sites is 1. The van der Waals surface area contributed by atoms with Crippen LogP contribution in [-0.4, -0.2) is 40.6 Å². The molecule has 110 valence electrons. The number of aryl methyl sites for hydroxylation is 1. The molecule has 2 aromatic rings. The van der Waals surface area contributed by atoms with E-state index in [1.807, 2.05) is 30.3 Å². The molecule has 6 heteroatoms. The molecule has 21 heavy (non-hydrogen) atoms. The molecule has 1 amide bonds. The Bertz CT molecular complexity index is 601. The van der Waals surface area contributed by atoms with Gasteiger partial charge in [0.25, 0.3) is 5.91 Å². The van der Waals surface area contributed by atoms with E-state index in [0.717, 1.165) is 18.7 Å². The van der Waals surface area contributed by atoms with E-state index < -0.39 is 0 Å². The number of aliphatic hydroxyl groups is 1. The number of rotatable bonds is 4. The Balaban J connectivity index is 1.89. The van der Waals surface area contributed by atoms with Crippen molar-refractivity contribution in [3.63, 3.8) is 0 Å². The quantitative estimate of drug-likeness (QED) is 0.920. The van der Waals surface area contributed by atoms with Crippen LogP contribution in [0.4, 0.5) is 5.69 Å². The van der Waals surface area contributed by atoms with Crippen molar-refractivity contribution in [2.24, 2.45) is 0 Å². The smallest absolute Gasteiger partial charge is 0.278 e. The Hall–Kier alpha value is -2.34. The summed E-state index contributed by atoms with van der Waals surface area (Å²) in [6.45, 7) is 1.53. The zero-order valence-corrected chi connectivity index (χ0v) is 11.6. The summed E-state index contributed by atoms with van der Waals surface area (Å²) >= 11 is 0. The molecule has 0 fully saturated rings. The van der Waals surface area contributed by atoms with Gasteiger partial charge in [-0.3, -0.25) is 4.79 Å². The first-order valence-electron chi connectivity index (χ1n) is 6.98. The van der Waals surface area contributed by atoms with E-state index in [1.165, 1.54) is 4.90 Å². The van der Waals surface area contributed by atoms with Gasteiger partial charge in [0.2, 0.25) is 5.88 Å². The van der Waals surface area contributed by atoms with E-state index in [-0.39, 0.29) is 19.1 Å². The Kier molecular flexibility index (Phi) is 3.87. The topological polar surface area (TPSA) is 67.6 Å². The Morgan fingerprint density at radius 2 is 2.19 bits per heavy atom. The van der Waals surface area contributed by atoms with Crippen LogP contribution in [0.3, 0.4) is 0 Å². The molecule has 0 bridgehead atoms. The van der Waals surface area contributed by atoms with Gasteiger partial charge in [0.05, 0.1) is 13.2 Å². The van der Waals surface area contributed by atoms with Crippen molar-refractivity contribution in [1.82, 2.24) is 9.78 Å². The second-order valence-corrected chi connectivity index (χ2v) is 4.81. The van der Waals surface area contributed by atoms with Gasteiger partial charge in [-0.15, -0.1) is 0 Å². The normalized spacial score (nSPS) is 13.4. The number of fused-ring (bicyclic) bond motifs is 1. The molecule has 1 aliphatic heterocycles. The standard InChI is InChI=1S/C15H17N3O3/c19-9-8-17(12-5-2-1-3-6-12)15(20)13-11-14-18(16-13)7-4-10-21-14/h1-3,5-6,11,19H,4,7-10H2. The number of benzene rings is 1. The lowest BCUT2D eigenvalue weighted by Gasteiger charge is -2.20. The maximum absolute atomic E-state index is 12.6. The van der Waals surface area contributed by atoms with Crippen LogP contribution >= 0.6 is 0 Å². The van der Waals surface area contributed by atoms with Gasteiger partial charge in [-0.05, 0) is 12.1 Å². The van der Waals surface area contributed by atoms with Crippen molar-refractivity contribution in [1.29, 1.82) is 0 Å². The zero-order chi connectivity index (χ0) is 14.7. The molecular weight excluding hydrogens is 270 g/mol. The average molecular weight is 287 g/mol. The first-order valence-corrected chi connectivity index (χ1v) is 6.98. The van der Waals surface area contributed by atoms with Crippen molar-refractivity contribution in [3.8, 4) is 5.88 Å². The summed E-state index contributed by atoms with van der Waals surface area (Å²) in [6.07, 6.45) is 0.890. The van der Waals surface area contributed by atoms with Gasteiger partial charge in [0, 0.05) is 31.3 Å². The number of aromatic nitrogens is 2. The molecule has 1 aromatic carbocycles. The van der Waals surface area contributed by atoms with Gasteiger partial charge in [0.15, 0.2) is 5.69 Å². The second-order valence-electron chi connectivity index (χ2n) is 4.81. The number of hydrogen-bond acceptors (Lipinski definition) is 4. The molecule has 3 rings (SSSR count). The number of aliphatic hydroxyl groups excluding tert-OH is 1. The fraction of sp³-hybridized carbons (Fsp3) is 0.333. The minimum absolute atomic E-state index is 0.106. The van der Waals surface area contributed by atoms with Gasteiger partial charge in [0.1, 0.15) is 0 Å². The highest BCUT2D eigenvalue weighted by Crippen LogP contribution is 2.21. The van der Waals surface area contributed by atoms with E-state index in [4.69, 9.17) is 4.74 Å². The number of nitrogens with zero attached hydrogens (tertiary/aromatic N) is 3. The Labute approximate surface area is 122 Å². The molecule has 1 aromatic heterocycles. The van der Waals surface area contributed by atoms with Crippen LogP contribution in [0.2, 0.25) is 0 Å². The van der Waals surface area contributed by atoms with Crippen molar-refractivity contribution < 1.29 is 14.6 Å². The van der Waals surface area contributed by atoms with Crippen molar-refractivity contribution in [3.05, 3.63) is 42.1 Å². The van der Waals surface area contributed by atoms with Gasteiger partial charge < -0.3 is 14.7 Å². The summed E-state index contributed by atoms with van der Waals surface area (Å²) in [5.74, 6) is 0.391. The molecule has 1 N–H and O–H groups in total. The molecule has 0 unspecified atom stereocenters. The Morgan fingerprint density at radius 3 is 2.90 bits per heavy atom. The lowest BCUT2D eigenvalue weighted by molar-refractivity contribution is 0.0975. The molecule has 0 saturated heterocycles. The first-order chi connectivity index (χ1) is 10.3. The van der Waals surface area contributed by atoms with Crippen LogP contribution in [0.1, 0.15) is 16.9 Å². The molecule has 6 nitrogen and oxygen atoms in total. The molecule has 0 radical (unpaired) electrons. The minimum atomic E-state index is -0.235. The maximum atomic E-state index is 12.6.